The number of nitrogens with zero attached hydrogens (tertiary/aromatic N) is 1. The van der Waals surface area contributed by atoms with Crippen LogP contribution in [0.3, 0.4) is 0 Å². The number of ether oxygens (including phenoxy) is 3. The first kappa shape index (κ1) is 21.7. The van der Waals surface area contributed by atoms with Gasteiger partial charge in [0.1, 0.15) is 11.3 Å². The minimum absolute atomic E-state index is 0.00792. The Kier molecular flexibility index (Phi) is 6.66. The quantitative estimate of drug-likeness (QED) is 0.544. The van der Waals surface area contributed by atoms with E-state index in [0.717, 1.165) is 10.3 Å². The number of nitrogens with one attached hydrogen (secondary N) is 1. The molecule has 6 nitrogen and oxygen atoms in total. The fourth-order valence-electron chi connectivity index (χ4n) is 2.73. The summed E-state index contributed by atoms with van der Waals surface area (Å²) in [5.74, 6) is 0.565. The lowest BCUT2D eigenvalue weighted by Crippen LogP contribution is -2.19. The number of hydrogen-bond acceptors (Lipinski definition) is 6. The summed E-state index contributed by atoms with van der Waals surface area (Å²) in [4.78, 5) is 16.7. The molecule has 0 bridgehead atoms. The van der Waals surface area contributed by atoms with Crippen molar-refractivity contribution in [3.8, 4) is 17.2 Å². The van der Waals surface area contributed by atoms with E-state index in [4.69, 9.17) is 14.2 Å². The number of anilines is 1. The molecule has 0 fully saturated rings. The van der Waals surface area contributed by atoms with Crippen molar-refractivity contribution in [2.45, 2.75) is 19.0 Å². The van der Waals surface area contributed by atoms with Crippen LogP contribution in [0.25, 0.3) is 10.2 Å². The lowest BCUT2D eigenvalue weighted by Gasteiger charge is -2.13. The number of benzene rings is 2. The molecule has 0 unspecified atom stereocenters. The number of halogens is 3. The van der Waals surface area contributed by atoms with E-state index in [1.807, 2.05) is 12.1 Å². The Labute approximate surface area is 174 Å². The van der Waals surface area contributed by atoms with E-state index in [1.54, 1.807) is 25.3 Å². The maximum absolute atomic E-state index is 12.3. The van der Waals surface area contributed by atoms with E-state index < -0.39 is 12.8 Å². The number of carbonyl (C=O) groups is 1. The van der Waals surface area contributed by atoms with Crippen molar-refractivity contribution in [1.82, 2.24) is 4.98 Å². The molecule has 0 atom stereocenters. The molecule has 1 aromatic heterocycles. The summed E-state index contributed by atoms with van der Waals surface area (Å²) in [5.41, 5.74) is 1.41. The molecule has 2 aromatic carbocycles. The molecule has 3 rings (SSSR count). The highest BCUT2D eigenvalue weighted by molar-refractivity contribution is 7.22. The van der Waals surface area contributed by atoms with Gasteiger partial charge < -0.3 is 19.5 Å². The molecule has 0 radical (unpaired) electrons. The fourth-order valence-corrected chi connectivity index (χ4v) is 3.63. The summed E-state index contributed by atoms with van der Waals surface area (Å²) < 4.78 is 53.0. The summed E-state index contributed by atoms with van der Waals surface area (Å²) in [6, 6.07) is 10.1. The number of amides is 1. The van der Waals surface area contributed by atoms with E-state index in [1.165, 1.54) is 24.5 Å². The number of fused-ring (bicyclic) bond motifs is 1. The standard InChI is InChI=1S/C20H19F3N2O4S/c1-27-14-4-3-5-16-18(14)25-19(30-16)24-17(26)9-7-12-6-8-13(15(10-12)28-2)29-11-20(21,22)23/h3-6,8,10H,7,9,11H2,1-2H3,(H,24,25,26). The zero-order valence-corrected chi connectivity index (χ0v) is 17.0. The van der Waals surface area contributed by atoms with Gasteiger partial charge in [-0.15, -0.1) is 0 Å². The van der Waals surface area contributed by atoms with Crippen molar-refractivity contribution in [1.29, 1.82) is 0 Å². The topological polar surface area (TPSA) is 69.7 Å². The molecule has 0 aliphatic heterocycles. The number of aromatic nitrogens is 1. The Morgan fingerprint density at radius 2 is 1.87 bits per heavy atom. The van der Waals surface area contributed by atoms with E-state index in [-0.39, 0.29) is 23.8 Å². The van der Waals surface area contributed by atoms with Crippen LogP contribution >= 0.6 is 11.3 Å². The van der Waals surface area contributed by atoms with E-state index in [9.17, 15) is 18.0 Å². The molecular formula is C20H19F3N2O4S. The SMILES string of the molecule is COc1cc(CCC(=O)Nc2nc3c(OC)cccc3s2)ccc1OCC(F)(F)F. The molecule has 160 valence electrons. The number of rotatable bonds is 8. The third-order valence-electron chi connectivity index (χ3n) is 4.11. The lowest BCUT2D eigenvalue weighted by molar-refractivity contribution is -0.153. The average Bonchev–Trinajstić information content (AvgIpc) is 3.12. The monoisotopic (exact) mass is 440 g/mol. The second-order valence-electron chi connectivity index (χ2n) is 6.26. The maximum atomic E-state index is 12.3. The van der Waals surface area contributed by atoms with Crippen molar-refractivity contribution in [2.24, 2.45) is 0 Å². The molecule has 0 spiro atoms. The summed E-state index contributed by atoms with van der Waals surface area (Å²) >= 11 is 1.34. The Morgan fingerprint density at radius 3 is 2.57 bits per heavy atom. The van der Waals surface area contributed by atoms with Crippen LogP contribution in [0.15, 0.2) is 36.4 Å². The number of alkyl halides is 3. The largest absolute Gasteiger partial charge is 0.494 e. The molecular weight excluding hydrogens is 421 g/mol. The molecule has 1 heterocycles. The van der Waals surface area contributed by atoms with Gasteiger partial charge in [-0.25, -0.2) is 4.98 Å². The summed E-state index contributed by atoms with van der Waals surface area (Å²) in [6.45, 7) is -1.40. The smallest absolute Gasteiger partial charge is 0.422 e. The third-order valence-corrected chi connectivity index (χ3v) is 5.04. The minimum atomic E-state index is -4.44. The Morgan fingerprint density at radius 1 is 1.10 bits per heavy atom. The number of thiazole rings is 1. The Hall–Kier alpha value is -3.01. The van der Waals surface area contributed by atoms with Gasteiger partial charge >= 0.3 is 6.18 Å². The zero-order chi connectivity index (χ0) is 21.7. The van der Waals surface area contributed by atoms with Crippen LogP contribution in [0.1, 0.15) is 12.0 Å². The summed E-state index contributed by atoms with van der Waals surface area (Å²) in [6.07, 6.45) is -3.90. The van der Waals surface area contributed by atoms with Crippen molar-refractivity contribution in [3.05, 3.63) is 42.0 Å². The highest BCUT2D eigenvalue weighted by atomic mass is 32.1. The van der Waals surface area contributed by atoms with Crippen molar-refractivity contribution >= 4 is 32.6 Å². The molecule has 0 aliphatic rings. The summed E-state index contributed by atoms with van der Waals surface area (Å²) in [7, 11) is 2.90. The minimum Gasteiger partial charge on any atom is -0.494 e. The van der Waals surface area contributed by atoms with Crippen molar-refractivity contribution in [2.75, 3.05) is 26.1 Å². The van der Waals surface area contributed by atoms with Gasteiger partial charge in [-0.3, -0.25) is 4.79 Å². The average molecular weight is 440 g/mol. The highest BCUT2D eigenvalue weighted by Crippen LogP contribution is 2.32. The maximum Gasteiger partial charge on any atom is 0.422 e. The van der Waals surface area contributed by atoms with Crippen LogP contribution in [0.5, 0.6) is 17.2 Å². The first-order chi connectivity index (χ1) is 14.3. The second kappa shape index (κ2) is 9.21. The van der Waals surface area contributed by atoms with Gasteiger partial charge in [-0.1, -0.05) is 23.5 Å². The number of methoxy groups -OCH3 is 2. The van der Waals surface area contributed by atoms with Gasteiger partial charge in [-0.05, 0) is 36.2 Å². The lowest BCUT2D eigenvalue weighted by atomic mass is 10.1. The van der Waals surface area contributed by atoms with Gasteiger partial charge in [0, 0.05) is 6.42 Å². The Balaban J connectivity index is 1.60. The predicted octanol–water partition coefficient (Wildman–Crippen LogP) is 4.83. The number of carbonyl (C=O) groups excluding carboxylic acids is 1. The van der Waals surface area contributed by atoms with Crippen LogP contribution in [-0.4, -0.2) is 37.9 Å². The van der Waals surface area contributed by atoms with Crippen LogP contribution in [0, 0.1) is 0 Å². The summed E-state index contributed by atoms with van der Waals surface area (Å²) in [5, 5.41) is 3.23. The second-order valence-corrected chi connectivity index (χ2v) is 7.29. The molecule has 30 heavy (non-hydrogen) atoms. The van der Waals surface area contributed by atoms with E-state index >= 15 is 0 Å². The fraction of sp³-hybridized carbons (Fsp3) is 0.300. The Bertz CT molecular complexity index is 1040. The van der Waals surface area contributed by atoms with Crippen molar-refractivity contribution in [3.63, 3.8) is 0 Å². The number of para-hydroxylation sites is 1. The zero-order valence-electron chi connectivity index (χ0n) is 16.2. The van der Waals surface area contributed by atoms with E-state index in [0.29, 0.717) is 22.8 Å². The highest BCUT2D eigenvalue weighted by Gasteiger charge is 2.29. The van der Waals surface area contributed by atoms with Crippen LogP contribution in [0.4, 0.5) is 18.3 Å². The van der Waals surface area contributed by atoms with Gasteiger partial charge in [-0.2, -0.15) is 13.2 Å². The molecule has 0 aliphatic carbocycles. The van der Waals surface area contributed by atoms with Crippen LogP contribution in [0.2, 0.25) is 0 Å². The normalized spacial score (nSPS) is 11.4. The first-order valence-corrected chi connectivity index (χ1v) is 9.70. The van der Waals surface area contributed by atoms with Gasteiger partial charge in [0.05, 0.1) is 18.9 Å². The number of aryl methyl sites for hydroxylation is 1. The molecule has 3 aromatic rings. The molecule has 10 heteroatoms. The molecule has 1 N–H and O–H groups in total. The predicted molar refractivity (Wildman–Crippen MR) is 108 cm³/mol. The molecule has 0 saturated carbocycles. The molecule has 1 amide bonds. The number of hydrogen-bond donors (Lipinski definition) is 1. The molecule has 0 saturated heterocycles. The van der Waals surface area contributed by atoms with E-state index in [2.05, 4.69) is 10.3 Å². The van der Waals surface area contributed by atoms with Gasteiger partial charge in [0.25, 0.3) is 0 Å². The first-order valence-electron chi connectivity index (χ1n) is 8.89. The third kappa shape index (κ3) is 5.53. The van der Waals surface area contributed by atoms with Crippen molar-refractivity contribution < 1.29 is 32.2 Å². The van der Waals surface area contributed by atoms with Gasteiger partial charge in [0.2, 0.25) is 5.91 Å². The van der Waals surface area contributed by atoms with Crippen LogP contribution < -0.4 is 19.5 Å². The van der Waals surface area contributed by atoms with Gasteiger partial charge in [0.15, 0.2) is 23.2 Å². The van der Waals surface area contributed by atoms with Crippen LogP contribution in [-0.2, 0) is 11.2 Å².